The van der Waals surface area contributed by atoms with E-state index in [1.807, 2.05) is 12.1 Å². The zero-order valence-corrected chi connectivity index (χ0v) is 12.4. The summed E-state index contributed by atoms with van der Waals surface area (Å²) in [5, 5.41) is 10.3. The molecule has 1 aliphatic rings. The summed E-state index contributed by atoms with van der Waals surface area (Å²) in [6.45, 7) is 0.518. The summed E-state index contributed by atoms with van der Waals surface area (Å²) in [4.78, 5) is 16.1. The summed E-state index contributed by atoms with van der Waals surface area (Å²) in [7, 11) is 0. The first-order valence-corrected chi connectivity index (χ1v) is 7.20. The van der Waals surface area contributed by atoms with Crippen LogP contribution < -0.4 is 14.8 Å². The molecule has 0 aliphatic carbocycles. The quantitative estimate of drug-likeness (QED) is 0.781. The minimum absolute atomic E-state index is 0.102. The highest BCUT2D eigenvalue weighted by molar-refractivity contribution is 5.89. The lowest BCUT2D eigenvalue weighted by molar-refractivity contribution is 0.0916. The molecular formula is C16H12N4O4. The van der Waals surface area contributed by atoms with Gasteiger partial charge in [-0.3, -0.25) is 9.78 Å². The van der Waals surface area contributed by atoms with Crippen LogP contribution in [0.3, 0.4) is 0 Å². The first-order chi connectivity index (χ1) is 11.8. The zero-order valence-electron chi connectivity index (χ0n) is 12.4. The van der Waals surface area contributed by atoms with Gasteiger partial charge in [-0.15, -0.1) is 10.2 Å². The number of pyridine rings is 1. The summed E-state index contributed by atoms with van der Waals surface area (Å²) in [5.41, 5.74) is 1.53. The van der Waals surface area contributed by atoms with E-state index in [-0.39, 0.29) is 18.6 Å². The van der Waals surface area contributed by atoms with Crippen molar-refractivity contribution in [2.24, 2.45) is 0 Å². The Kier molecular flexibility index (Phi) is 3.54. The van der Waals surface area contributed by atoms with Gasteiger partial charge in [-0.05, 0) is 29.8 Å². The van der Waals surface area contributed by atoms with Gasteiger partial charge in [-0.1, -0.05) is 6.07 Å². The normalized spacial score (nSPS) is 12.2. The van der Waals surface area contributed by atoms with Crippen LogP contribution in [0.1, 0.15) is 16.2 Å². The monoisotopic (exact) mass is 324 g/mol. The van der Waals surface area contributed by atoms with Gasteiger partial charge in [0.1, 0.15) is 0 Å². The summed E-state index contributed by atoms with van der Waals surface area (Å²) in [5.74, 6) is 1.06. The molecule has 0 radical (unpaired) electrons. The Balaban J connectivity index is 1.42. The third-order valence-corrected chi connectivity index (χ3v) is 3.42. The van der Waals surface area contributed by atoms with Gasteiger partial charge in [0.2, 0.25) is 12.7 Å². The van der Waals surface area contributed by atoms with E-state index in [0.29, 0.717) is 23.6 Å². The van der Waals surface area contributed by atoms with Crippen molar-refractivity contribution >= 4 is 5.91 Å². The largest absolute Gasteiger partial charge is 0.454 e. The highest BCUT2D eigenvalue weighted by Gasteiger charge is 2.17. The van der Waals surface area contributed by atoms with Crippen LogP contribution in [0.25, 0.3) is 11.5 Å². The van der Waals surface area contributed by atoms with Crippen molar-refractivity contribution in [2.45, 2.75) is 6.54 Å². The van der Waals surface area contributed by atoms with Gasteiger partial charge >= 0.3 is 11.8 Å². The second-order valence-corrected chi connectivity index (χ2v) is 5.02. The molecule has 0 saturated heterocycles. The number of ether oxygens (including phenoxy) is 2. The number of carbonyl (C=O) groups excluding carboxylic acids is 1. The Morgan fingerprint density at radius 3 is 2.96 bits per heavy atom. The third-order valence-electron chi connectivity index (χ3n) is 3.42. The van der Waals surface area contributed by atoms with E-state index in [4.69, 9.17) is 13.9 Å². The molecule has 0 spiro atoms. The van der Waals surface area contributed by atoms with E-state index < -0.39 is 5.91 Å². The highest BCUT2D eigenvalue weighted by Crippen LogP contribution is 2.32. The van der Waals surface area contributed by atoms with Crippen molar-refractivity contribution in [3.63, 3.8) is 0 Å². The van der Waals surface area contributed by atoms with E-state index in [0.717, 1.165) is 5.56 Å². The van der Waals surface area contributed by atoms with Crippen LogP contribution in [0.15, 0.2) is 47.1 Å². The molecule has 0 unspecified atom stereocenters. The number of fused-ring (bicyclic) bond motifs is 1. The number of hydrogen-bond donors (Lipinski definition) is 1. The average molecular weight is 324 g/mol. The lowest BCUT2D eigenvalue weighted by atomic mass is 10.2. The van der Waals surface area contributed by atoms with Crippen molar-refractivity contribution in [3.05, 3.63) is 54.2 Å². The smallest absolute Gasteiger partial charge is 0.309 e. The van der Waals surface area contributed by atoms with Gasteiger partial charge in [0.25, 0.3) is 0 Å². The second kappa shape index (κ2) is 5.99. The molecule has 1 amide bonds. The molecule has 1 aromatic carbocycles. The fourth-order valence-corrected chi connectivity index (χ4v) is 2.23. The molecule has 8 nitrogen and oxygen atoms in total. The summed E-state index contributed by atoms with van der Waals surface area (Å²) >= 11 is 0. The molecule has 0 saturated carbocycles. The summed E-state index contributed by atoms with van der Waals surface area (Å²) in [6.07, 6.45) is 3.22. The fourth-order valence-electron chi connectivity index (χ4n) is 2.23. The predicted molar refractivity (Wildman–Crippen MR) is 81.3 cm³/mol. The first kappa shape index (κ1) is 14.2. The molecule has 120 valence electrons. The molecule has 1 N–H and O–H groups in total. The predicted octanol–water partition coefficient (Wildman–Crippen LogP) is 1.79. The lowest BCUT2D eigenvalue weighted by Gasteiger charge is -2.04. The van der Waals surface area contributed by atoms with Crippen molar-refractivity contribution in [1.29, 1.82) is 0 Å². The Labute approximate surface area is 136 Å². The number of nitrogens with zero attached hydrogens (tertiary/aromatic N) is 3. The van der Waals surface area contributed by atoms with Gasteiger partial charge in [-0.2, -0.15) is 0 Å². The minimum Gasteiger partial charge on any atom is -0.454 e. The van der Waals surface area contributed by atoms with Crippen LogP contribution in [0, 0.1) is 0 Å². The SMILES string of the molecule is O=C(NCc1ccc2c(c1)OCO2)c1nnc(-c2cccnc2)o1. The highest BCUT2D eigenvalue weighted by atomic mass is 16.7. The Morgan fingerprint density at radius 2 is 2.08 bits per heavy atom. The summed E-state index contributed by atoms with van der Waals surface area (Å²) < 4.78 is 15.9. The van der Waals surface area contributed by atoms with E-state index in [1.165, 1.54) is 0 Å². The van der Waals surface area contributed by atoms with Gasteiger partial charge in [0.15, 0.2) is 11.5 Å². The van der Waals surface area contributed by atoms with Crippen molar-refractivity contribution in [2.75, 3.05) is 6.79 Å². The third kappa shape index (κ3) is 2.76. The number of hydrogen-bond acceptors (Lipinski definition) is 7. The van der Waals surface area contributed by atoms with E-state index in [2.05, 4.69) is 20.5 Å². The maximum atomic E-state index is 12.1. The van der Waals surface area contributed by atoms with Crippen molar-refractivity contribution < 1.29 is 18.7 Å². The molecule has 1 aliphatic heterocycles. The number of benzene rings is 1. The van der Waals surface area contributed by atoms with Gasteiger partial charge in [-0.25, -0.2) is 0 Å². The molecule has 8 heteroatoms. The van der Waals surface area contributed by atoms with Crippen LogP contribution in [0.2, 0.25) is 0 Å². The van der Waals surface area contributed by atoms with E-state index in [1.54, 1.807) is 30.6 Å². The molecule has 0 bridgehead atoms. The molecule has 2 aromatic heterocycles. The molecule has 3 aromatic rings. The van der Waals surface area contributed by atoms with Crippen LogP contribution in [-0.2, 0) is 6.54 Å². The zero-order chi connectivity index (χ0) is 16.4. The topological polar surface area (TPSA) is 99.4 Å². The number of carbonyl (C=O) groups is 1. The summed E-state index contributed by atoms with van der Waals surface area (Å²) in [6, 6.07) is 8.99. The molecule has 0 atom stereocenters. The van der Waals surface area contributed by atoms with Gasteiger partial charge < -0.3 is 19.2 Å². The number of amides is 1. The maximum Gasteiger partial charge on any atom is 0.309 e. The Morgan fingerprint density at radius 1 is 1.17 bits per heavy atom. The number of aromatic nitrogens is 3. The molecule has 4 rings (SSSR count). The minimum atomic E-state index is -0.449. The lowest BCUT2D eigenvalue weighted by Crippen LogP contribution is -2.23. The molecule has 0 fully saturated rings. The Hall–Kier alpha value is -3.42. The van der Waals surface area contributed by atoms with Crippen LogP contribution in [0.5, 0.6) is 11.5 Å². The fraction of sp³-hybridized carbons (Fsp3) is 0.125. The Bertz CT molecular complexity index is 879. The maximum absolute atomic E-state index is 12.1. The molecular weight excluding hydrogens is 312 g/mol. The standard InChI is InChI=1S/C16H12N4O4/c21-14(16-20-19-15(24-16)11-2-1-5-17-8-11)18-7-10-3-4-12-13(6-10)23-9-22-12/h1-6,8H,7,9H2,(H,18,21). The molecule has 24 heavy (non-hydrogen) atoms. The number of nitrogens with one attached hydrogen (secondary N) is 1. The van der Waals surface area contributed by atoms with Crippen molar-refractivity contribution in [3.8, 4) is 23.0 Å². The van der Waals surface area contributed by atoms with Crippen LogP contribution >= 0.6 is 0 Å². The second-order valence-electron chi connectivity index (χ2n) is 5.02. The first-order valence-electron chi connectivity index (χ1n) is 7.20. The van der Waals surface area contributed by atoms with Crippen molar-refractivity contribution in [1.82, 2.24) is 20.5 Å². The molecule has 3 heterocycles. The van der Waals surface area contributed by atoms with Gasteiger partial charge in [0.05, 0.1) is 5.56 Å². The van der Waals surface area contributed by atoms with Crippen LogP contribution in [0.4, 0.5) is 0 Å². The average Bonchev–Trinajstić information content (AvgIpc) is 3.29. The van der Waals surface area contributed by atoms with E-state index in [9.17, 15) is 4.79 Å². The van der Waals surface area contributed by atoms with Crippen LogP contribution in [-0.4, -0.2) is 27.9 Å². The van der Waals surface area contributed by atoms with E-state index >= 15 is 0 Å². The number of rotatable bonds is 4. The van der Waals surface area contributed by atoms with Gasteiger partial charge in [0, 0.05) is 18.9 Å².